The molecule has 8 nitrogen and oxygen atoms in total. The number of rotatable bonds is 3. The molecule has 1 atom stereocenters. The molecule has 0 radical (unpaired) electrons. The van der Waals surface area contributed by atoms with Gasteiger partial charge in [0.05, 0.1) is 11.7 Å². The van der Waals surface area contributed by atoms with Crippen LogP contribution in [0.4, 0.5) is 5.82 Å². The number of nitrogen functional groups attached to an aromatic ring is 1. The Morgan fingerprint density at radius 2 is 1.97 bits per heavy atom. The second-order valence-corrected chi connectivity index (χ2v) is 7.61. The average molecular weight is 409 g/mol. The zero-order valence-electron chi connectivity index (χ0n) is 16.6. The molecule has 0 bridgehead atoms. The van der Waals surface area contributed by atoms with Gasteiger partial charge in [0.15, 0.2) is 17.3 Å². The van der Waals surface area contributed by atoms with Gasteiger partial charge in [-0.05, 0) is 66.4 Å². The largest absolute Gasteiger partial charge is 0.388 e. The summed E-state index contributed by atoms with van der Waals surface area (Å²) in [6, 6.07) is 15.5. The number of benzene rings is 1. The third kappa shape index (κ3) is 2.80. The van der Waals surface area contributed by atoms with Crippen molar-refractivity contribution in [2.24, 2.45) is 0 Å². The Morgan fingerprint density at radius 1 is 1.03 bits per heavy atom. The van der Waals surface area contributed by atoms with Crippen molar-refractivity contribution in [2.75, 3.05) is 5.73 Å². The molecule has 1 aliphatic carbocycles. The normalized spacial score (nSPS) is 15.5. The van der Waals surface area contributed by atoms with Crippen molar-refractivity contribution in [3.8, 4) is 22.9 Å². The summed E-state index contributed by atoms with van der Waals surface area (Å²) in [5.74, 6) is 1.73. The Kier molecular flexibility index (Phi) is 3.87. The molecule has 31 heavy (non-hydrogen) atoms. The molecule has 8 heteroatoms. The molecule has 0 saturated heterocycles. The number of imidazole rings is 1. The van der Waals surface area contributed by atoms with Crippen molar-refractivity contribution in [2.45, 2.75) is 18.9 Å². The van der Waals surface area contributed by atoms with Crippen LogP contribution in [0.15, 0.2) is 67.1 Å². The summed E-state index contributed by atoms with van der Waals surface area (Å²) in [5.41, 5.74) is 11.3. The van der Waals surface area contributed by atoms with Gasteiger partial charge in [-0.3, -0.25) is 4.57 Å². The summed E-state index contributed by atoms with van der Waals surface area (Å²) >= 11 is 0. The molecule has 0 spiro atoms. The number of aliphatic hydroxyl groups is 1. The first-order valence-corrected chi connectivity index (χ1v) is 10.1. The Morgan fingerprint density at radius 3 is 2.81 bits per heavy atom. The lowest BCUT2D eigenvalue weighted by atomic mass is 10.1. The average Bonchev–Trinajstić information content (AvgIpc) is 3.52. The van der Waals surface area contributed by atoms with E-state index in [4.69, 9.17) is 15.7 Å². The maximum atomic E-state index is 10.4. The van der Waals surface area contributed by atoms with Crippen LogP contribution in [0.2, 0.25) is 0 Å². The maximum absolute atomic E-state index is 10.4. The molecule has 0 saturated carbocycles. The molecule has 4 heterocycles. The standard InChI is InChI=1S/C23H19N7O/c24-21-16(3-1-10-25-21)22-27-18-7-9-20(29-12-2-11-26-29)28-23(18)30(22)15-6-4-14-5-8-19(31)17(14)13-15/h1-4,6-7,9-13,19,31H,5,8H2,(H2,24,25)/t19-/m0/s1. The van der Waals surface area contributed by atoms with E-state index >= 15 is 0 Å². The van der Waals surface area contributed by atoms with E-state index in [1.165, 1.54) is 5.56 Å². The summed E-state index contributed by atoms with van der Waals surface area (Å²) in [7, 11) is 0. The summed E-state index contributed by atoms with van der Waals surface area (Å²) < 4.78 is 3.68. The highest BCUT2D eigenvalue weighted by Crippen LogP contribution is 2.35. The summed E-state index contributed by atoms with van der Waals surface area (Å²) in [6.45, 7) is 0. The second kappa shape index (κ2) is 6.75. The number of nitrogens with two attached hydrogens (primary N) is 1. The first kappa shape index (κ1) is 17.8. The van der Waals surface area contributed by atoms with E-state index in [1.54, 1.807) is 17.1 Å². The van der Waals surface area contributed by atoms with E-state index in [2.05, 4.69) is 16.1 Å². The van der Waals surface area contributed by atoms with Gasteiger partial charge in [0.2, 0.25) is 0 Å². The molecule has 4 aromatic heterocycles. The van der Waals surface area contributed by atoms with Crippen molar-refractivity contribution in [1.82, 2.24) is 29.3 Å². The summed E-state index contributed by atoms with van der Waals surface area (Å²) in [6.07, 6.45) is 6.39. The lowest BCUT2D eigenvalue weighted by Crippen LogP contribution is -2.04. The van der Waals surface area contributed by atoms with E-state index in [-0.39, 0.29) is 0 Å². The highest BCUT2D eigenvalue weighted by Gasteiger charge is 2.23. The van der Waals surface area contributed by atoms with Gasteiger partial charge in [0, 0.05) is 24.3 Å². The SMILES string of the molecule is Nc1ncccc1-c1nc2ccc(-n3cccn3)nc2n1-c1ccc2c(c1)[C@@H](O)CC2. The number of pyridine rings is 2. The maximum Gasteiger partial charge on any atom is 0.167 e. The van der Waals surface area contributed by atoms with Crippen molar-refractivity contribution >= 4 is 17.0 Å². The molecule has 5 aromatic rings. The van der Waals surface area contributed by atoms with Crippen LogP contribution in [-0.4, -0.2) is 34.4 Å². The molecule has 0 fully saturated rings. The van der Waals surface area contributed by atoms with Crippen LogP contribution in [-0.2, 0) is 6.42 Å². The fourth-order valence-electron chi connectivity index (χ4n) is 4.22. The van der Waals surface area contributed by atoms with Crippen LogP contribution in [0.1, 0.15) is 23.7 Å². The monoisotopic (exact) mass is 409 g/mol. The molecular weight excluding hydrogens is 390 g/mol. The minimum atomic E-state index is -0.454. The van der Waals surface area contributed by atoms with Gasteiger partial charge in [0.1, 0.15) is 11.3 Å². The number of aromatic nitrogens is 6. The van der Waals surface area contributed by atoms with Crippen LogP contribution in [0, 0.1) is 0 Å². The van der Waals surface area contributed by atoms with Gasteiger partial charge < -0.3 is 10.8 Å². The molecular formula is C23H19N7O. The van der Waals surface area contributed by atoms with Gasteiger partial charge in [-0.2, -0.15) is 5.10 Å². The summed E-state index contributed by atoms with van der Waals surface area (Å²) in [5, 5.41) is 14.7. The molecule has 152 valence electrons. The van der Waals surface area contributed by atoms with Crippen LogP contribution >= 0.6 is 0 Å². The second-order valence-electron chi connectivity index (χ2n) is 7.61. The Bertz CT molecular complexity index is 1420. The minimum absolute atomic E-state index is 0.396. The third-order valence-corrected chi connectivity index (χ3v) is 5.74. The number of hydrogen-bond acceptors (Lipinski definition) is 6. The van der Waals surface area contributed by atoms with Crippen molar-refractivity contribution < 1.29 is 5.11 Å². The number of aryl methyl sites for hydroxylation is 1. The molecule has 6 rings (SSSR count). The lowest BCUT2D eigenvalue weighted by molar-refractivity contribution is 0.180. The van der Waals surface area contributed by atoms with Gasteiger partial charge in [-0.15, -0.1) is 0 Å². The van der Waals surface area contributed by atoms with Crippen molar-refractivity contribution in [3.63, 3.8) is 0 Å². The highest BCUT2D eigenvalue weighted by atomic mass is 16.3. The van der Waals surface area contributed by atoms with E-state index in [1.807, 2.05) is 53.2 Å². The Balaban J connectivity index is 1.65. The lowest BCUT2D eigenvalue weighted by Gasteiger charge is -2.13. The molecule has 3 N–H and O–H groups in total. The van der Waals surface area contributed by atoms with E-state index in [0.29, 0.717) is 23.1 Å². The van der Waals surface area contributed by atoms with E-state index < -0.39 is 6.10 Å². The van der Waals surface area contributed by atoms with Gasteiger partial charge >= 0.3 is 0 Å². The molecule has 0 aliphatic heterocycles. The smallest absolute Gasteiger partial charge is 0.167 e. The molecule has 1 aromatic carbocycles. The quantitative estimate of drug-likeness (QED) is 0.474. The Labute approximate surface area is 177 Å². The van der Waals surface area contributed by atoms with E-state index in [0.717, 1.165) is 35.2 Å². The first-order valence-electron chi connectivity index (χ1n) is 10.1. The fraction of sp³-hybridized carbons (Fsp3) is 0.130. The number of aliphatic hydroxyl groups excluding tert-OH is 1. The van der Waals surface area contributed by atoms with Crippen LogP contribution < -0.4 is 5.73 Å². The molecule has 0 amide bonds. The topological polar surface area (TPSA) is 108 Å². The van der Waals surface area contributed by atoms with Crippen molar-refractivity contribution in [1.29, 1.82) is 0 Å². The molecule has 0 unspecified atom stereocenters. The fourth-order valence-corrected chi connectivity index (χ4v) is 4.22. The van der Waals surface area contributed by atoms with Gasteiger partial charge in [0.25, 0.3) is 0 Å². The predicted octanol–water partition coefficient (Wildman–Crippen LogP) is 3.23. The van der Waals surface area contributed by atoms with Crippen LogP contribution in [0.3, 0.4) is 0 Å². The number of anilines is 1. The van der Waals surface area contributed by atoms with E-state index in [9.17, 15) is 5.11 Å². The zero-order chi connectivity index (χ0) is 20.9. The highest BCUT2D eigenvalue weighted by molar-refractivity contribution is 5.83. The van der Waals surface area contributed by atoms with Gasteiger partial charge in [-0.25, -0.2) is 19.6 Å². The number of nitrogens with zero attached hydrogens (tertiary/aromatic N) is 6. The Hall–Kier alpha value is -4.04. The first-order chi connectivity index (χ1) is 15.2. The minimum Gasteiger partial charge on any atom is -0.388 e. The summed E-state index contributed by atoms with van der Waals surface area (Å²) in [4.78, 5) is 13.9. The third-order valence-electron chi connectivity index (χ3n) is 5.74. The number of fused-ring (bicyclic) bond motifs is 2. The number of hydrogen-bond donors (Lipinski definition) is 2. The van der Waals surface area contributed by atoms with Gasteiger partial charge in [-0.1, -0.05) is 6.07 Å². The van der Waals surface area contributed by atoms with Crippen molar-refractivity contribution in [3.05, 3.63) is 78.2 Å². The zero-order valence-corrected chi connectivity index (χ0v) is 16.6. The van der Waals surface area contributed by atoms with Crippen LogP contribution in [0.5, 0.6) is 0 Å². The van der Waals surface area contributed by atoms with Crippen LogP contribution in [0.25, 0.3) is 34.1 Å². The molecule has 1 aliphatic rings. The predicted molar refractivity (Wildman–Crippen MR) is 117 cm³/mol.